The standard InChI is InChI=1S/C27H24FN3O5/c1-18-7-4-8-19(15-18)31(24(32)17-30-26(33)23-12-6-14-36-23)25(21-10-2-3-11-22(21)28)27(34)29-16-20-9-5-13-35-20/h2-15,25H,16-17H2,1H3,(H,29,34)(H,30,33)/t25-/m1/s1. The predicted octanol–water partition coefficient (Wildman–Crippen LogP) is 4.14. The molecule has 0 aliphatic rings. The van der Waals surface area contributed by atoms with Crippen LogP contribution < -0.4 is 15.5 Å². The highest BCUT2D eigenvalue weighted by atomic mass is 19.1. The Labute approximate surface area is 206 Å². The normalized spacial score (nSPS) is 11.5. The first-order chi connectivity index (χ1) is 17.4. The Morgan fingerprint density at radius 3 is 2.39 bits per heavy atom. The van der Waals surface area contributed by atoms with E-state index in [0.717, 1.165) is 5.56 Å². The number of rotatable bonds is 9. The van der Waals surface area contributed by atoms with E-state index in [2.05, 4.69) is 10.6 Å². The topological polar surface area (TPSA) is 105 Å². The number of nitrogens with one attached hydrogen (secondary N) is 2. The first kappa shape index (κ1) is 24.5. The average Bonchev–Trinajstić information content (AvgIpc) is 3.59. The number of benzene rings is 2. The van der Waals surface area contributed by atoms with Gasteiger partial charge < -0.3 is 19.5 Å². The van der Waals surface area contributed by atoms with E-state index in [4.69, 9.17) is 8.83 Å². The van der Waals surface area contributed by atoms with Gasteiger partial charge in [0, 0.05) is 11.3 Å². The molecule has 0 saturated carbocycles. The second-order valence-corrected chi connectivity index (χ2v) is 7.98. The van der Waals surface area contributed by atoms with Crippen molar-refractivity contribution in [2.45, 2.75) is 19.5 Å². The van der Waals surface area contributed by atoms with E-state index in [9.17, 15) is 14.4 Å². The molecule has 0 aliphatic heterocycles. The van der Waals surface area contributed by atoms with Gasteiger partial charge in [0.25, 0.3) is 5.91 Å². The number of nitrogens with zero attached hydrogens (tertiary/aromatic N) is 1. The molecule has 2 N–H and O–H groups in total. The smallest absolute Gasteiger partial charge is 0.287 e. The van der Waals surface area contributed by atoms with Crippen molar-refractivity contribution >= 4 is 23.4 Å². The van der Waals surface area contributed by atoms with Gasteiger partial charge in [0.05, 0.1) is 25.6 Å². The zero-order chi connectivity index (χ0) is 25.5. The predicted molar refractivity (Wildman–Crippen MR) is 129 cm³/mol. The van der Waals surface area contributed by atoms with Gasteiger partial charge >= 0.3 is 0 Å². The number of amides is 3. The van der Waals surface area contributed by atoms with Gasteiger partial charge in [0.2, 0.25) is 11.8 Å². The van der Waals surface area contributed by atoms with Crippen LogP contribution in [0.1, 0.15) is 33.5 Å². The van der Waals surface area contributed by atoms with Crippen molar-refractivity contribution in [2.24, 2.45) is 0 Å². The summed E-state index contributed by atoms with van der Waals surface area (Å²) in [4.78, 5) is 40.6. The van der Waals surface area contributed by atoms with Gasteiger partial charge in [-0.15, -0.1) is 0 Å². The van der Waals surface area contributed by atoms with Gasteiger partial charge in [0.15, 0.2) is 5.76 Å². The Morgan fingerprint density at radius 2 is 1.69 bits per heavy atom. The lowest BCUT2D eigenvalue weighted by Gasteiger charge is -2.32. The van der Waals surface area contributed by atoms with Crippen LogP contribution in [0.3, 0.4) is 0 Å². The van der Waals surface area contributed by atoms with E-state index in [0.29, 0.717) is 11.4 Å². The minimum Gasteiger partial charge on any atom is -0.467 e. The van der Waals surface area contributed by atoms with Crippen LogP contribution in [0.2, 0.25) is 0 Å². The van der Waals surface area contributed by atoms with Gasteiger partial charge in [-0.05, 0) is 55.0 Å². The molecular formula is C27H24FN3O5. The minimum atomic E-state index is -1.36. The zero-order valence-corrected chi connectivity index (χ0v) is 19.4. The molecule has 4 rings (SSSR count). The molecule has 0 saturated heterocycles. The van der Waals surface area contributed by atoms with Gasteiger partial charge in [-0.25, -0.2) is 4.39 Å². The SMILES string of the molecule is Cc1cccc(N(C(=O)CNC(=O)c2ccco2)[C@@H](C(=O)NCc2ccco2)c2ccccc2F)c1. The second kappa shape index (κ2) is 11.2. The summed E-state index contributed by atoms with van der Waals surface area (Å²) in [5, 5.41) is 5.22. The fourth-order valence-electron chi connectivity index (χ4n) is 3.73. The first-order valence-electron chi connectivity index (χ1n) is 11.2. The summed E-state index contributed by atoms with van der Waals surface area (Å²) in [6.45, 7) is 1.42. The summed E-state index contributed by atoms with van der Waals surface area (Å²) in [5.74, 6) is -1.96. The maximum atomic E-state index is 15.0. The van der Waals surface area contributed by atoms with E-state index in [1.807, 2.05) is 13.0 Å². The fraction of sp³-hybridized carbons (Fsp3) is 0.148. The number of hydrogen-bond donors (Lipinski definition) is 2. The highest BCUT2D eigenvalue weighted by Gasteiger charge is 2.34. The quantitative estimate of drug-likeness (QED) is 0.368. The Kier molecular flexibility index (Phi) is 7.60. The molecule has 9 heteroatoms. The molecule has 2 aromatic carbocycles. The largest absolute Gasteiger partial charge is 0.467 e. The third-order valence-corrected chi connectivity index (χ3v) is 5.42. The highest BCUT2D eigenvalue weighted by molar-refractivity contribution is 6.04. The molecule has 1 atom stereocenters. The van der Waals surface area contributed by atoms with Crippen molar-refractivity contribution in [3.05, 3.63) is 114 Å². The molecule has 3 amide bonds. The van der Waals surface area contributed by atoms with Crippen LogP contribution in [0, 0.1) is 12.7 Å². The van der Waals surface area contributed by atoms with Crippen molar-refractivity contribution in [2.75, 3.05) is 11.4 Å². The van der Waals surface area contributed by atoms with Crippen LogP contribution in [-0.2, 0) is 16.1 Å². The molecular weight excluding hydrogens is 465 g/mol. The summed E-state index contributed by atoms with van der Waals surface area (Å²) in [6.07, 6.45) is 2.81. The van der Waals surface area contributed by atoms with Crippen LogP contribution >= 0.6 is 0 Å². The zero-order valence-electron chi connectivity index (χ0n) is 19.4. The molecule has 0 bridgehead atoms. The number of halogens is 1. The van der Waals surface area contributed by atoms with E-state index in [1.165, 1.54) is 41.7 Å². The fourth-order valence-corrected chi connectivity index (χ4v) is 3.73. The molecule has 2 aromatic heterocycles. The first-order valence-corrected chi connectivity index (χ1v) is 11.2. The molecule has 2 heterocycles. The van der Waals surface area contributed by atoms with Gasteiger partial charge in [-0.1, -0.05) is 30.3 Å². The third-order valence-electron chi connectivity index (χ3n) is 5.42. The molecule has 0 fully saturated rings. The van der Waals surface area contributed by atoms with Crippen molar-refractivity contribution in [1.29, 1.82) is 0 Å². The number of carbonyl (C=O) groups is 3. The maximum absolute atomic E-state index is 15.0. The molecule has 0 aliphatic carbocycles. The number of carbonyl (C=O) groups excluding carboxylic acids is 3. The molecule has 0 spiro atoms. The Bertz CT molecular complexity index is 1340. The van der Waals surface area contributed by atoms with Crippen molar-refractivity contribution < 1.29 is 27.6 Å². The van der Waals surface area contributed by atoms with Crippen LogP contribution in [0.5, 0.6) is 0 Å². The average molecular weight is 490 g/mol. The van der Waals surface area contributed by atoms with E-state index in [1.54, 1.807) is 42.5 Å². The van der Waals surface area contributed by atoms with Gasteiger partial charge in [-0.3, -0.25) is 19.3 Å². The van der Waals surface area contributed by atoms with E-state index < -0.39 is 36.1 Å². The lowest BCUT2D eigenvalue weighted by Crippen LogP contribution is -2.47. The minimum absolute atomic E-state index is 0.00154. The van der Waals surface area contributed by atoms with Crippen molar-refractivity contribution in [3.63, 3.8) is 0 Å². The number of hydrogen-bond acceptors (Lipinski definition) is 5. The summed E-state index contributed by atoms with van der Waals surface area (Å²) in [6, 6.07) is 17.7. The van der Waals surface area contributed by atoms with Crippen LogP contribution in [0.4, 0.5) is 10.1 Å². The van der Waals surface area contributed by atoms with Gasteiger partial charge in [-0.2, -0.15) is 0 Å². The molecule has 0 unspecified atom stereocenters. The van der Waals surface area contributed by atoms with Crippen LogP contribution in [0.15, 0.2) is 94.2 Å². The summed E-state index contributed by atoms with van der Waals surface area (Å²) in [5.41, 5.74) is 1.20. The van der Waals surface area contributed by atoms with E-state index in [-0.39, 0.29) is 17.9 Å². The molecule has 184 valence electrons. The molecule has 8 nitrogen and oxygen atoms in total. The van der Waals surface area contributed by atoms with Crippen molar-refractivity contribution in [3.8, 4) is 0 Å². The highest BCUT2D eigenvalue weighted by Crippen LogP contribution is 2.30. The Morgan fingerprint density at radius 1 is 0.917 bits per heavy atom. The van der Waals surface area contributed by atoms with Crippen molar-refractivity contribution in [1.82, 2.24) is 10.6 Å². The third kappa shape index (κ3) is 5.69. The second-order valence-electron chi connectivity index (χ2n) is 7.98. The molecule has 4 aromatic rings. The molecule has 36 heavy (non-hydrogen) atoms. The van der Waals surface area contributed by atoms with Crippen LogP contribution in [0.25, 0.3) is 0 Å². The maximum Gasteiger partial charge on any atom is 0.287 e. The Balaban J connectivity index is 1.69. The van der Waals surface area contributed by atoms with E-state index >= 15 is 4.39 Å². The number of aryl methyl sites for hydroxylation is 1. The van der Waals surface area contributed by atoms with Gasteiger partial charge in [0.1, 0.15) is 17.6 Å². The summed E-state index contributed by atoms with van der Waals surface area (Å²) in [7, 11) is 0. The summed E-state index contributed by atoms with van der Waals surface area (Å²) < 4.78 is 25.4. The monoisotopic (exact) mass is 489 g/mol. The lowest BCUT2D eigenvalue weighted by molar-refractivity contribution is -0.126. The molecule has 0 radical (unpaired) electrons. The van der Waals surface area contributed by atoms with Crippen LogP contribution in [-0.4, -0.2) is 24.3 Å². The Hall–Kier alpha value is -4.66. The number of furan rings is 2. The summed E-state index contributed by atoms with van der Waals surface area (Å²) >= 11 is 0. The number of anilines is 1. The lowest BCUT2D eigenvalue weighted by atomic mass is 10.0.